The van der Waals surface area contributed by atoms with E-state index < -0.39 is 34.4 Å². The van der Waals surface area contributed by atoms with Crippen molar-refractivity contribution in [3.63, 3.8) is 0 Å². The predicted molar refractivity (Wildman–Crippen MR) is 71.9 cm³/mol. The van der Waals surface area contributed by atoms with Gasteiger partial charge in [-0.3, -0.25) is 4.90 Å². The van der Waals surface area contributed by atoms with Gasteiger partial charge in [-0.25, -0.2) is 8.78 Å². The molecule has 0 aromatic heterocycles. The lowest BCUT2D eigenvalue weighted by molar-refractivity contribution is -0.189. The van der Waals surface area contributed by atoms with Gasteiger partial charge in [0.05, 0.1) is 10.6 Å². The van der Waals surface area contributed by atoms with Gasteiger partial charge in [0.2, 0.25) is 0 Å². The molecule has 0 amide bonds. The lowest BCUT2D eigenvalue weighted by atomic mass is 10.0. The molecule has 1 aromatic rings. The van der Waals surface area contributed by atoms with Crippen LogP contribution in [0.2, 0.25) is 5.02 Å². The van der Waals surface area contributed by atoms with Crippen LogP contribution in [-0.4, -0.2) is 37.3 Å². The summed E-state index contributed by atoms with van der Waals surface area (Å²) in [6, 6.07) is -0.675. The first-order chi connectivity index (χ1) is 9.32. The van der Waals surface area contributed by atoms with Gasteiger partial charge in [-0.1, -0.05) is 11.6 Å². The van der Waals surface area contributed by atoms with Crippen LogP contribution < -0.4 is 5.32 Å². The molecule has 9 heteroatoms. The van der Waals surface area contributed by atoms with Crippen molar-refractivity contribution in [1.29, 1.82) is 0 Å². The predicted octanol–water partition coefficient (Wildman–Crippen LogP) is 3.55. The van der Waals surface area contributed by atoms with Gasteiger partial charge in [-0.15, -0.1) is 12.4 Å². The molecule has 1 aliphatic heterocycles. The summed E-state index contributed by atoms with van der Waals surface area (Å²) in [4.78, 5) is 1.01. The molecular weight excluding hydrogens is 338 g/mol. The van der Waals surface area contributed by atoms with E-state index in [1.165, 1.54) is 0 Å². The molecule has 0 aliphatic carbocycles. The zero-order valence-electron chi connectivity index (χ0n) is 10.7. The highest BCUT2D eigenvalue weighted by atomic mass is 35.5. The summed E-state index contributed by atoms with van der Waals surface area (Å²) in [5.74, 6) is -2.60. The fourth-order valence-electron chi connectivity index (χ4n) is 2.29. The number of piperazine rings is 1. The van der Waals surface area contributed by atoms with E-state index in [0.29, 0.717) is 13.1 Å². The molecule has 2 rings (SSSR count). The van der Waals surface area contributed by atoms with Crippen LogP contribution in [0.25, 0.3) is 0 Å². The molecule has 0 saturated carbocycles. The summed E-state index contributed by atoms with van der Waals surface area (Å²) in [7, 11) is 0. The first kappa shape index (κ1) is 18.4. The van der Waals surface area contributed by atoms with Crippen LogP contribution in [0, 0.1) is 11.6 Å². The Bertz CT molecular complexity index is 489. The van der Waals surface area contributed by atoms with Crippen molar-refractivity contribution < 1.29 is 22.0 Å². The highest BCUT2D eigenvalue weighted by molar-refractivity contribution is 6.30. The molecule has 1 aromatic carbocycles. The zero-order valence-corrected chi connectivity index (χ0v) is 12.3. The van der Waals surface area contributed by atoms with E-state index in [-0.39, 0.29) is 25.5 Å². The monoisotopic (exact) mass is 350 g/mol. The Hall–Kier alpha value is -0.630. The molecule has 1 atom stereocenters. The van der Waals surface area contributed by atoms with Crippen molar-refractivity contribution in [2.24, 2.45) is 0 Å². The van der Waals surface area contributed by atoms with E-state index in [4.69, 9.17) is 11.6 Å². The van der Waals surface area contributed by atoms with E-state index in [1.807, 2.05) is 0 Å². The van der Waals surface area contributed by atoms with Crippen LogP contribution >= 0.6 is 24.0 Å². The molecule has 0 spiro atoms. The lowest BCUT2D eigenvalue weighted by Gasteiger charge is -2.36. The highest BCUT2D eigenvalue weighted by Crippen LogP contribution is 2.41. The van der Waals surface area contributed by atoms with Gasteiger partial charge in [0.15, 0.2) is 0 Å². The third-order valence-electron chi connectivity index (χ3n) is 3.18. The normalized spacial score (nSPS) is 18.2. The minimum absolute atomic E-state index is 0. The van der Waals surface area contributed by atoms with E-state index in [1.54, 1.807) is 0 Å². The first-order valence-electron chi connectivity index (χ1n) is 5.97. The third-order valence-corrected chi connectivity index (χ3v) is 3.47. The third kappa shape index (κ3) is 3.97. The molecule has 0 unspecified atom stereocenters. The fourth-order valence-corrected chi connectivity index (χ4v) is 2.45. The van der Waals surface area contributed by atoms with Crippen molar-refractivity contribution in [2.45, 2.75) is 12.2 Å². The molecule has 1 saturated heterocycles. The van der Waals surface area contributed by atoms with Crippen molar-refractivity contribution in [3.05, 3.63) is 34.4 Å². The average molecular weight is 351 g/mol. The van der Waals surface area contributed by atoms with E-state index in [0.717, 1.165) is 17.0 Å². The second-order valence-electron chi connectivity index (χ2n) is 4.49. The Balaban J connectivity index is 0.00000220. The SMILES string of the molecule is Cl.Fc1ccc(Cl)c(F)c1[C@@H](N1CCNCC1)C(F)(F)F. The second kappa shape index (κ2) is 7.09. The van der Waals surface area contributed by atoms with Gasteiger partial charge < -0.3 is 5.32 Å². The Morgan fingerprint density at radius 3 is 2.24 bits per heavy atom. The molecule has 21 heavy (non-hydrogen) atoms. The van der Waals surface area contributed by atoms with Crippen LogP contribution in [0.1, 0.15) is 11.6 Å². The standard InChI is InChI=1S/C12H12ClF5N2.ClH/c13-7-1-2-8(14)9(10(7)15)11(12(16,17)18)20-5-3-19-4-6-20;/h1-2,11,19H,3-6H2;1H/t11-;/m1./s1. The molecule has 1 fully saturated rings. The maximum Gasteiger partial charge on any atom is 0.408 e. The Kier molecular flexibility index (Phi) is 6.22. The summed E-state index contributed by atoms with van der Waals surface area (Å²) in [5.41, 5.74) is -1.04. The van der Waals surface area contributed by atoms with Gasteiger partial charge >= 0.3 is 6.18 Å². The lowest BCUT2D eigenvalue weighted by Crippen LogP contribution is -2.49. The average Bonchev–Trinajstić information content (AvgIpc) is 2.39. The molecule has 1 heterocycles. The van der Waals surface area contributed by atoms with Gasteiger partial charge in [0.25, 0.3) is 0 Å². The number of alkyl halides is 3. The largest absolute Gasteiger partial charge is 0.408 e. The van der Waals surface area contributed by atoms with Crippen LogP contribution in [0.5, 0.6) is 0 Å². The minimum atomic E-state index is -4.79. The smallest absolute Gasteiger partial charge is 0.314 e. The van der Waals surface area contributed by atoms with Crippen LogP contribution in [0.3, 0.4) is 0 Å². The fraction of sp³-hybridized carbons (Fsp3) is 0.500. The Morgan fingerprint density at radius 1 is 1.14 bits per heavy atom. The summed E-state index contributed by atoms with van der Waals surface area (Å²) >= 11 is 5.48. The van der Waals surface area contributed by atoms with E-state index in [9.17, 15) is 22.0 Å². The van der Waals surface area contributed by atoms with E-state index in [2.05, 4.69) is 5.32 Å². The molecule has 120 valence electrons. The van der Waals surface area contributed by atoms with Gasteiger partial charge in [0.1, 0.15) is 17.7 Å². The van der Waals surface area contributed by atoms with Crippen LogP contribution in [0.15, 0.2) is 12.1 Å². The molecule has 2 nitrogen and oxygen atoms in total. The molecule has 0 bridgehead atoms. The van der Waals surface area contributed by atoms with Crippen molar-refractivity contribution in [2.75, 3.05) is 26.2 Å². The Labute approximate surface area is 129 Å². The van der Waals surface area contributed by atoms with E-state index >= 15 is 0 Å². The van der Waals surface area contributed by atoms with Gasteiger partial charge in [-0.2, -0.15) is 13.2 Å². The number of nitrogens with zero attached hydrogens (tertiary/aromatic N) is 1. The molecule has 0 radical (unpaired) electrons. The summed E-state index contributed by atoms with van der Waals surface area (Å²) in [6.07, 6.45) is -4.79. The molecule has 1 aliphatic rings. The highest BCUT2D eigenvalue weighted by Gasteiger charge is 2.47. The topological polar surface area (TPSA) is 15.3 Å². The second-order valence-corrected chi connectivity index (χ2v) is 4.89. The number of benzene rings is 1. The van der Waals surface area contributed by atoms with Crippen LogP contribution in [0.4, 0.5) is 22.0 Å². The molecular formula is C12H13Cl2F5N2. The summed E-state index contributed by atoms with van der Waals surface area (Å²) in [6.45, 7) is 0.762. The van der Waals surface area contributed by atoms with Crippen molar-refractivity contribution >= 4 is 24.0 Å². The first-order valence-corrected chi connectivity index (χ1v) is 6.35. The number of hydrogen-bond acceptors (Lipinski definition) is 2. The zero-order chi connectivity index (χ0) is 14.9. The number of hydrogen-bond donors (Lipinski definition) is 1. The van der Waals surface area contributed by atoms with Gasteiger partial charge in [0, 0.05) is 26.2 Å². The number of halogens is 7. The Morgan fingerprint density at radius 2 is 1.71 bits per heavy atom. The maximum absolute atomic E-state index is 13.9. The van der Waals surface area contributed by atoms with Crippen molar-refractivity contribution in [3.8, 4) is 0 Å². The molecule has 1 N–H and O–H groups in total. The van der Waals surface area contributed by atoms with Crippen molar-refractivity contribution in [1.82, 2.24) is 10.2 Å². The number of rotatable bonds is 2. The summed E-state index contributed by atoms with van der Waals surface area (Å²) < 4.78 is 67.3. The summed E-state index contributed by atoms with van der Waals surface area (Å²) in [5, 5.41) is 2.37. The maximum atomic E-state index is 13.9. The number of nitrogens with one attached hydrogen (secondary N) is 1. The quantitative estimate of drug-likeness (QED) is 0.648. The minimum Gasteiger partial charge on any atom is -0.314 e. The van der Waals surface area contributed by atoms with Crippen LogP contribution in [-0.2, 0) is 0 Å². The van der Waals surface area contributed by atoms with Gasteiger partial charge in [-0.05, 0) is 12.1 Å².